The maximum Gasteiger partial charge on any atom is 0.253 e. The first kappa shape index (κ1) is 15.3. The van der Waals surface area contributed by atoms with Gasteiger partial charge in [-0.2, -0.15) is 0 Å². The number of methoxy groups -OCH3 is 2. The van der Waals surface area contributed by atoms with Crippen LogP contribution in [0.2, 0.25) is 0 Å². The van der Waals surface area contributed by atoms with Crippen molar-refractivity contribution in [3.8, 4) is 11.5 Å². The number of rotatable bonds is 5. The average molecular weight is 351 g/mol. The molecule has 1 aromatic carbocycles. The van der Waals surface area contributed by atoms with Crippen molar-refractivity contribution in [2.75, 3.05) is 14.2 Å². The van der Waals surface area contributed by atoms with Crippen molar-refractivity contribution in [1.82, 2.24) is 10.3 Å². The van der Waals surface area contributed by atoms with E-state index in [4.69, 9.17) is 9.47 Å². The van der Waals surface area contributed by atoms with E-state index in [0.29, 0.717) is 28.2 Å². The molecule has 0 radical (unpaired) electrons. The first-order chi connectivity index (χ1) is 10.1. The second-order valence-electron chi connectivity index (χ2n) is 4.23. The number of nitrogens with one attached hydrogen (secondary N) is 1. The standard InChI is InChI=1S/C15H15BrN2O3/c1-20-12-4-5-13(21-2)11(7-12)9-18-15(19)10-3-6-14(16)17-8-10/h3-8H,9H2,1-2H3,(H,18,19). The molecule has 110 valence electrons. The Hall–Kier alpha value is -2.08. The SMILES string of the molecule is COc1ccc(OC)c(CNC(=O)c2ccc(Br)nc2)c1. The molecule has 0 atom stereocenters. The van der Waals surface area contributed by atoms with Gasteiger partial charge in [-0.25, -0.2) is 4.98 Å². The van der Waals surface area contributed by atoms with Crippen LogP contribution in [-0.2, 0) is 6.54 Å². The molecule has 2 rings (SSSR count). The Kier molecular flexibility index (Phi) is 5.16. The van der Waals surface area contributed by atoms with E-state index in [1.165, 1.54) is 6.20 Å². The molecular weight excluding hydrogens is 336 g/mol. The van der Waals surface area contributed by atoms with Crippen LogP contribution in [0, 0.1) is 0 Å². The fraction of sp³-hybridized carbons (Fsp3) is 0.200. The topological polar surface area (TPSA) is 60.5 Å². The number of pyridine rings is 1. The molecule has 1 amide bonds. The molecule has 2 aromatic rings. The summed E-state index contributed by atoms with van der Waals surface area (Å²) in [6, 6.07) is 8.87. The fourth-order valence-corrected chi connectivity index (χ4v) is 2.04. The van der Waals surface area contributed by atoms with E-state index in [1.54, 1.807) is 26.4 Å². The largest absolute Gasteiger partial charge is 0.497 e. The van der Waals surface area contributed by atoms with Crippen LogP contribution >= 0.6 is 15.9 Å². The summed E-state index contributed by atoms with van der Waals surface area (Å²) in [7, 11) is 3.18. The number of ether oxygens (including phenoxy) is 2. The minimum atomic E-state index is -0.195. The van der Waals surface area contributed by atoms with Crippen molar-refractivity contribution < 1.29 is 14.3 Å². The maximum atomic E-state index is 12.0. The summed E-state index contributed by atoms with van der Waals surface area (Å²) in [5, 5.41) is 2.83. The number of aromatic nitrogens is 1. The minimum absolute atomic E-state index is 0.195. The lowest BCUT2D eigenvalue weighted by atomic mass is 10.1. The van der Waals surface area contributed by atoms with E-state index in [9.17, 15) is 4.79 Å². The fourth-order valence-electron chi connectivity index (χ4n) is 1.81. The summed E-state index contributed by atoms with van der Waals surface area (Å²) in [4.78, 5) is 16.1. The molecule has 5 nitrogen and oxygen atoms in total. The third-order valence-electron chi connectivity index (χ3n) is 2.92. The van der Waals surface area contributed by atoms with Crippen LogP contribution in [0.4, 0.5) is 0 Å². The van der Waals surface area contributed by atoms with Gasteiger partial charge in [0.15, 0.2) is 0 Å². The van der Waals surface area contributed by atoms with Crippen molar-refractivity contribution >= 4 is 21.8 Å². The Morgan fingerprint density at radius 1 is 1.24 bits per heavy atom. The van der Waals surface area contributed by atoms with Gasteiger partial charge in [0.1, 0.15) is 16.1 Å². The molecule has 0 unspecified atom stereocenters. The molecule has 0 aliphatic carbocycles. The molecule has 0 saturated heterocycles. The highest BCUT2D eigenvalue weighted by molar-refractivity contribution is 9.10. The van der Waals surface area contributed by atoms with Gasteiger partial charge in [-0.1, -0.05) is 0 Å². The number of hydrogen-bond donors (Lipinski definition) is 1. The molecule has 1 heterocycles. The number of amides is 1. The summed E-state index contributed by atoms with van der Waals surface area (Å²) >= 11 is 3.23. The molecule has 1 N–H and O–H groups in total. The summed E-state index contributed by atoms with van der Waals surface area (Å²) in [6.45, 7) is 0.343. The zero-order chi connectivity index (χ0) is 15.2. The summed E-state index contributed by atoms with van der Waals surface area (Å²) < 4.78 is 11.1. The van der Waals surface area contributed by atoms with Gasteiger partial charge < -0.3 is 14.8 Å². The van der Waals surface area contributed by atoms with Gasteiger partial charge in [0.25, 0.3) is 5.91 Å². The van der Waals surface area contributed by atoms with Gasteiger partial charge in [0.2, 0.25) is 0 Å². The molecule has 0 saturated carbocycles. The van der Waals surface area contributed by atoms with Gasteiger partial charge in [-0.3, -0.25) is 4.79 Å². The highest BCUT2D eigenvalue weighted by atomic mass is 79.9. The summed E-state index contributed by atoms with van der Waals surface area (Å²) in [5.41, 5.74) is 1.34. The molecule has 6 heteroatoms. The second-order valence-corrected chi connectivity index (χ2v) is 5.04. The number of carbonyl (C=O) groups excluding carboxylic acids is 1. The summed E-state index contributed by atoms with van der Waals surface area (Å²) in [5.74, 6) is 1.22. The normalized spacial score (nSPS) is 10.0. The van der Waals surface area contributed by atoms with Crippen molar-refractivity contribution in [2.45, 2.75) is 6.54 Å². The van der Waals surface area contributed by atoms with E-state index < -0.39 is 0 Å². The highest BCUT2D eigenvalue weighted by Gasteiger charge is 2.09. The van der Waals surface area contributed by atoms with E-state index >= 15 is 0 Å². The van der Waals surface area contributed by atoms with Crippen LogP contribution in [0.5, 0.6) is 11.5 Å². The predicted molar refractivity (Wildman–Crippen MR) is 82.7 cm³/mol. The molecule has 21 heavy (non-hydrogen) atoms. The summed E-state index contributed by atoms with van der Waals surface area (Å²) in [6.07, 6.45) is 1.52. The zero-order valence-corrected chi connectivity index (χ0v) is 13.3. The van der Waals surface area contributed by atoms with E-state index in [2.05, 4.69) is 26.2 Å². The Morgan fingerprint density at radius 3 is 2.67 bits per heavy atom. The van der Waals surface area contributed by atoms with Gasteiger partial charge in [-0.05, 0) is 46.3 Å². The van der Waals surface area contributed by atoms with E-state index in [1.807, 2.05) is 18.2 Å². The Morgan fingerprint density at radius 2 is 2.05 bits per heavy atom. The number of hydrogen-bond acceptors (Lipinski definition) is 4. The Bertz CT molecular complexity index is 629. The first-order valence-electron chi connectivity index (χ1n) is 6.24. The zero-order valence-electron chi connectivity index (χ0n) is 11.7. The van der Waals surface area contributed by atoms with Gasteiger partial charge in [0, 0.05) is 18.3 Å². The van der Waals surface area contributed by atoms with Crippen LogP contribution in [0.15, 0.2) is 41.1 Å². The lowest BCUT2D eigenvalue weighted by molar-refractivity contribution is 0.0950. The highest BCUT2D eigenvalue weighted by Crippen LogP contribution is 2.23. The Balaban J connectivity index is 2.08. The lowest BCUT2D eigenvalue weighted by Gasteiger charge is -2.11. The third kappa shape index (κ3) is 3.95. The number of nitrogens with zero attached hydrogens (tertiary/aromatic N) is 1. The predicted octanol–water partition coefficient (Wildman–Crippen LogP) is 2.79. The van der Waals surface area contributed by atoms with Gasteiger partial charge >= 0.3 is 0 Å². The van der Waals surface area contributed by atoms with E-state index in [-0.39, 0.29) is 5.91 Å². The molecule has 1 aromatic heterocycles. The number of halogens is 1. The maximum absolute atomic E-state index is 12.0. The number of carbonyl (C=O) groups is 1. The molecular formula is C15H15BrN2O3. The van der Waals surface area contributed by atoms with Gasteiger partial charge in [-0.15, -0.1) is 0 Å². The van der Waals surface area contributed by atoms with Crippen molar-refractivity contribution in [3.05, 3.63) is 52.3 Å². The smallest absolute Gasteiger partial charge is 0.253 e. The first-order valence-corrected chi connectivity index (χ1v) is 7.04. The average Bonchev–Trinajstić information content (AvgIpc) is 2.52. The van der Waals surface area contributed by atoms with Crippen molar-refractivity contribution in [3.63, 3.8) is 0 Å². The quantitative estimate of drug-likeness (QED) is 0.842. The molecule has 0 aliphatic heterocycles. The third-order valence-corrected chi connectivity index (χ3v) is 3.39. The monoisotopic (exact) mass is 350 g/mol. The van der Waals surface area contributed by atoms with E-state index in [0.717, 1.165) is 5.56 Å². The number of benzene rings is 1. The molecule has 0 aliphatic rings. The second kappa shape index (κ2) is 7.08. The lowest BCUT2D eigenvalue weighted by Crippen LogP contribution is -2.23. The van der Waals surface area contributed by atoms with Crippen LogP contribution in [0.3, 0.4) is 0 Å². The molecule has 0 fully saturated rings. The molecule has 0 spiro atoms. The van der Waals surface area contributed by atoms with Crippen LogP contribution in [0.25, 0.3) is 0 Å². The van der Waals surface area contributed by atoms with Crippen LogP contribution < -0.4 is 14.8 Å². The minimum Gasteiger partial charge on any atom is -0.497 e. The van der Waals surface area contributed by atoms with Crippen molar-refractivity contribution in [1.29, 1.82) is 0 Å². The molecule has 0 bridgehead atoms. The van der Waals surface area contributed by atoms with Crippen LogP contribution in [0.1, 0.15) is 15.9 Å². The van der Waals surface area contributed by atoms with Crippen molar-refractivity contribution in [2.24, 2.45) is 0 Å². The van der Waals surface area contributed by atoms with Gasteiger partial charge in [0.05, 0.1) is 19.8 Å². The van der Waals surface area contributed by atoms with Crippen LogP contribution in [-0.4, -0.2) is 25.1 Å². The Labute approximate surface area is 131 Å².